The van der Waals surface area contributed by atoms with Gasteiger partial charge >= 0.3 is 6.09 Å². The Balaban J connectivity index is 1.60. The smallest absolute Gasteiger partial charge is 0.411 e. The van der Waals surface area contributed by atoms with Gasteiger partial charge < -0.3 is 29.7 Å². The molecule has 1 fully saturated rings. The zero-order valence-corrected chi connectivity index (χ0v) is 27.5. The van der Waals surface area contributed by atoms with Gasteiger partial charge in [0.2, 0.25) is 5.91 Å². The Morgan fingerprint density at radius 1 is 1.00 bits per heavy atom. The zero-order chi connectivity index (χ0) is 34.0. The standard InChI is InChI=1S/C33H37FN4O8S/c1-18(2)47(42,43)29-11-9-20(37-33(41)46-5)14-23(29)26-7-6-12-38(26)32(40)30(19-8-10-27(44-3)28(13-19)45-4)36-21-15-22-24(25(34)16-21)17-35-31(22)39/h8-11,13-16,18,26,30,36H,6-7,12,17H2,1-5H3,(H,35,39)(H,37,41). The number of ether oxygens (including phenoxy) is 3. The quantitative estimate of drug-likeness (QED) is 0.272. The lowest BCUT2D eigenvalue weighted by Crippen LogP contribution is -2.38. The topological polar surface area (TPSA) is 152 Å². The third-order valence-electron chi connectivity index (χ3n) is 8.43. The maximum absolute atomic E-state index is 15.1. The summed E-state index contributed by atoms with van der Waals surface area (Å²) in [7, 11) is 0.353. The molecule has 47 heavy (non-hydrogen) atoms. The van der Waals surface area contributed by atoms with E-state index in [1.807, 2.05) is 0 Å². The Kier molecular flexibility index (Phi) is 9.61. The molecular weight excluding hydrogens is 631 g/mol. The van der Waals surface area contributed by atoms with Crippen molar-refractivity contribution in [2.45, 2.75) is 55.5 Å². The number of benzene rings is 3. The maximum Gasteiger partial charge on any atom is 0.411 e. The van der Waals surface area contributed by atoms with Gasteiger partial charge in [-0.25, -0.2) is 17.6 Å². The number of amides is 3. The molecule has 0 aromatic heterocycles. The summed E-state index contributed by atoms with van der Waals surface area (Å²) in [4.78, 5) is 40.7. The van der Waals surface area contributed by atoms with Gasteiger partial charge in [-0.3, -0.25) is 14.9 Å². The van der Waals surface area contributed by atoms with E-state index in [2.05, 4.69) is 16.0 Å². The lowest BCUT2D eigenvalue weighted by Gasteiger charge is -2.32. The van der Waals surface area contributed by atoms with Crippen molar-refractivity contribution in [2.75, 3.05) is 38.5 Å². The van der Waals surface area contributed by atoms with Crippen molar-refractivity contribution >= 4 is 39.1 Å². The van der Waals surface area contributed by atoms with Crippen LogP contribution in [0.15, 0.2) is 53.4 Å². The van der Waals surface area contributed by atoms with Crippen LogP contribution in [0.4, 0.5) is 20.6 Å². The van der Waals surface area contributed by atoms with E-state index in [0.717, 1.165) is 0 Å². The molecule has 14 heteroatoms. The second-order valence-electron chi connectivity index (χ2n) is 11.5. The summed E-state index contributed by atoms with van der Waals surface area (Å²) >= 11 is 0. The van der Waals surface area contributed by atoms with Crippen LogP contribution in [0.1, 0.15) is 65.8 Å². The van der Waals surface area contributed by atoms with Crippen molar-refractivity contribution < 1.29 is 41.4 Å². The van der Waals surface area contributed by atoms with Crippen LogP contribution in [-0.4, -0.2) is 64.3 Å². The number of carbonyl (C=O) groups is 3. The minimum Gasteiger partial charge on any atom is -0.493 e. The molecule has 0 radical (unpaired) electrons. The van der Waals surface area contributed by atoms with Crippen LogP contribution in [0, 0.1) is 5.82 Å². The molecule has 2 aliphatic rings. The van der Waals surface area contributed by atoms with Crippen LogP contribution in [0.25, 0.3) is 0 Å². The fraction of sp³-hybridized carbons (Fsp3) is 0.364. The first kappa shape index (κ1) is 33.5. The van der Waals surface area contributed by atoms with Crippen molar-refractivity contribution in [3.63, 3.8) is 0 Å². The van der Waals surface area contributed by atoms with E-state index in [-0.39, 0.29) is 28.3 Å². The van der Waals surface area contributed by atoms with Crippen molar-refractivity contribution in [3.8, 4) is 11.5 Å². The molecule has 2 unspecified atom stereocenters. The molecule has 250 valence electrons. The van der Waals surface area contributed by atoms with Crippen LogP contribution in [-0.2, 0) is 25.9 Å². The van der Waals surface area contributed by atoms with Crippen LogP contribution >= 0.6 is 0 Å². The third kappa shape index (κ3) is 6.55. The number of fused-ring (bicyclic) bond motifs is 1. The number of methoxy groups -OCH3 is 3. The number of carbonyl (C=O) groups excluding carboxylic acids is 3. The second-order valence-corrected chi connectivity index (χ2v) is 14.0. The molecule has 1 saturated heterocycles. The number of nitrogens with one attached hydrogen (secondary N) is 3. The highest BCUT2D eigenvalue weighted by Crippen LogP contribution is 2.41. The third-order valence-corrected chi connectivity index (χ3v) is 10.7. The van der Waals surface area contributed by atoms with Crippen molar-refractivity contribution in [1.29, 1.82) is 0 Å². The first-order chi connectivity index (χ1) is 22.4. The molecule has 3 N–H and O–H groups in total. The van der Waals surface area contributed by atoms with Crippen LogP contribution in [0.5, 0.6) is 11.5 Å². The highest BCUT2D eigenvalue weighted by Gasteiger charge is 2.38. The van der Waals surface area contributed by atoms with E-state index in [1.165, 1.54) is 45.6 Å². The average molecular weight is 669 g/mol. The number of likely N-dealkylation sites (tertiary alicyclic amines) is 1. The van der Waals surface area contributed by atoms with Gasteiger partial charge in [0, 0.05) is 35.6 Å². The summed E-state index contributed by atoms with van der Waals surface area (Å²) in [5, 5.41) is 7.56. The molecule has 3 amide bonds. The summed E-state index contributed by atoms with van der Waals surface area (Å²) in [6, 6.07) is 10.3. The van der Waals surface area contributed by atoms with Crippen molar-refractivity contribution in [2.24, 2.45) is 0 Å². The first-order valence-electron chi connectivity index (χ1n) is 15.0. The predicted octanol–water partition coefficient (Wildman–Crippen LogP) is 4.96. The Hall–Kier alpha value is -4.85. The second kappa shape index (κ2) is 13.5. The molecule has 3 aromatic carbocycles. The lowest BCUT2D eigenvalue weighted by atomic mass is 10.00. The summed E-state index contributed by atoms with van der Waals surface area (Å²) in [6.45, 7) is 3.51. The number of halogens is 1. The van der Waals surface area contributed by atoms with Gasteiger partial charge in [-0.05, 0) is 80.3 Å². The molecule has 0 bridgehead atoms. The molecule has 5 rings (SSSR count). The fourth-order valence-electron chi connectivity index (χ4n) is 5.94. The number of hydrogen-bond donors (Lipinski definition) is 3. The van der Waals surface area contributed by atoms with E-state index >= 15 is 4.39 Å². The van der Waals surface area contributed by atoms with Gasteiger partial charge in [0.25, 0.3) is 5.91 Å². The molecule has 0 saturated carbocycles. The number of sulfone groups is 1. The Bertz CT molecular complexity index is 1830. The summed E-state index contributed by atoms with van der Waals surface area (Å²) in [5.41, 5.74) is 1.73. The molecule has 2 heterocycles. The van der Waals surface area contributed by atoms with Gasteiger partial charge in [0.15, 0.2) is 21.3 Å². The number of anilines is 2. The number of rotatable bonds is 10. The van der Waals surface area contributed by atoms with E-state index in [4.69, 9.17) is 14.2 Å². The highest BCUT2D eigenvalue weighted by molar-refractivity contribution is 7.92. The molecule has 3 aromatic rings. The predicted molar refractivity (Wildman–Crippen MR) is 172 cm³/mol. The van der Waals surface area contributed by atoms with Gasteiger partial charge in [-0.1, -0.05) is 6.07 Å². The van der Waals surface area contributed by atoms with Crippen LogP contribution < -0.4 is 25.4 Å². The van der Waals surface area contributed by atoms with E-state index in [9.17, 15) is 22.8 Å². The van der Waals surface area contributed by atoms with Gasteiger partial charge in [-0.2, -0.15) is 0 Å². The monoisotopic (exact) mass is 668 g/mol. The molecule has 0 aliphatic carbocycles. The molecule has 2 aliphatic heterocycles. The molecule has 0 spiro atoms. The molecular formula is C33H37FN4O8S. The van der Waals surface area contributed by atoms with E-state index < -0.39 is 50.9 Å². The summed E-state index contributed by atoms with van der Waals surface area (Å²) < 4.78 is 57.8. The van der Waals surface area contributed by atoms with Crippen molar-refractivity contribution in [3.05, 3.63) is 76.6 Å². The SMILES string of the molecule is COC(=O)Nc1ccc(S(=O)(=O)C(C)C)c(C2CCCN2C(=O)C(Nc2cc(F)c3c(c2)C(=O)NC3)c2ccc(OC)c(OC)c2)c1. The Morgan fingerprint density at radius 2 is 1.74 bits per heavy atom. The lowest BCUT2D eigenvalue weighted by molar-refractivity contribution is -0.133. The van der Waals surface area contributed by atoms with Crippen LogP contribution in [0.3, 0.4) is 0 Å². The van der Waals surface area contributed by atoms with Gasteiger partial charge in [-0.15, -0.1) is 0 Å². The molecule has 2 atom stereocenters. The van der Waals surface area contributed by atoms with Gasteiger partial charge in [0.1, 0.15) is 11.9 Å². The summed E-state index contributed by atoms with van der Waals surface area (Å²) in [6.07, 6.45) is 0.279. The minimum atomic E-state index is -3.81. The van der Waals surface area contributed by atoms with E-state index in [1.54, 1.807) is 43.0 Å². The van der Waals surface area contributed by atoms with Crippen LogP contribution in [0.2, 0.25) is 0 Å². The summed E-state index contributed by atoms with van der Waals surface area (Å²) in [5.74, 6) is -0.659. The van der Waals surface area contributed by atoms with Gasteiger partial charge in [0.05, 0.1) is 37.5 Å². The zero-order valence-electron chi connectivity index (χ0n) is 26.7. The largest absolute Gasteiger partial charge is 0.493 e. The van der Waals surface area contributed by atoms with E-state index in [0.29, 0.717) is 47.7 Å². The Labute approximate surface area is 272 Å². The minimum absolute atomic E-state index is 0.0509. The normalized spacial score (nSPS) is 16.4. The maximum atomic E-state index is 15.1. The van der Waals surface area contributed by atoms with Crippen molar-refractivity contribution in [1.82, 2.24) is 10.2 Å². The highest BCUT2D eigenvalue weighted by atomic mass is 32.2. The fourth-order valence-corrected chi connectivity index (χ4v) is 7.23. The number of hydrogen-bond acceptors (Lipinski definition) is 9. The number of nitrogens with zero attached hydrogens (tertiary/aromatic N) is 1. The average Bonchev–Trinajstić information content (AvgIpc) is 3.70. The first-order valence-corrected chi connectivity index (χ1v) is 16.6. The molecule has 12 nitrogen and oxygen atoms in total. The Morgan fingerprint density at radius 3 is 2.43 bits per heavy atom.